The first-order valence-corrected chi connectivity index (χ1v) is 3.47. The van der Waals surface area contributed by atoms with Crippen LogP contribution in [0.25, 0.3) is 0 Å². The van der Waals surface area contributed by atoms with Crippen LogP contribution in [0.15, 0.2) is 0 Å². The van der Waals surface area contributed by atoms with Crippen LogP contribution in [0, 0.1) is 5.75 Å². The zero-order valence-corrected chi connectivity index (χ0v) is 9.56. The van der Waals surface area contributed by atoms with Gasteiger partial charge in [-0.05, 0) is 0 Å². The van der Waals surface area contributed by atoms with E-state index in [1.165, 1.54) is 0 Å². The minimum atomic E-state index is -0.105. The summed E-state index contributed by atoms with van der Waals surface area (Å²) >= 11 is 0. The van der Waals surface area contributed by atoms with Crippen LogP contribution >= 0.6 is 7.92 Å². The molecule has 0 spiro atoms. The predicted molar refractivity (Wildman–Crippen MR) is 36.7 cm³/mol. The van der Waals surface area contributed by atoms with E-state index in [1.807, 2.05) is 14.1 Å². The summed E-state index contributed by atoms with van der Waals surface area (Å²) < 4.78 is 10.3. The quantitative estimate of drug-likeness (QED) is 0.281. The molecule has 0 amide bonds. The molecule has 0 aliphatic rings. The summed E-state index contributed by atoms with van der Waals surface area (Å²) in [5.74, 6) is 2.62. The second-order valence-electron chi connectivity index (χ2n) is 2.32. The normalized spacial score (nSPS) is 9.50. The molecular formula is C5H12NNaO2P+. The van der Waals surface area contributed by atoms with Gasteiger partial charge in [0.25, 0.3) is 0 Å². The Morgan fingerprint density at radius 2 is 2.20 bits per heavy atom. The number of quaternary nitrogens is 1. The molecule has 0 aromatic carbocycles. The van der Waals surface area contributed by atoms with Gasteiger partial charge >= 0.3 is 84.6 Å². The van der Waals surface area contributed by atoms with E-state index in [-0.39, 0.29) is 45.5 Å². The number of hydrogen-bond acceptors (Lipinski definition) is 2. The van der Waals surface area contributed by atoms with Crippen molar-refractivity contribution in [3.63, 3.8) is 0 Å². The van der Waals surface area contributed by atoms with Crippen molar-refractivity contribution in [1.29, 1.82) is 0 Å². The molecule has 1 N–H and O–H groups in total. The van der Waals surface area contributed by atoms with Gasteiger partial charge in [-0.3, -0.25) is 0 Å². The number of nitrogens with zero attached hydrogens (tertiary/aromatic N) is 1. The Morgan fingerprint density at radius 3 is 2.50 bits per heavy atom. The second-order valence-corrected chi connectivity index (χ2v) is 2.71. The smallest absolute Gasteiger partial charge is 1.00 e. The van der Waals surface area contributed by atoms with Gasteiger partial charge < -0.3 is 1.43 Å². The predicted octanol–water partition coefficient (Wildman–Crippen LogP) is -2.62. The molecule has 10 heavy (non-hydrogen) atoms. The van der Waals surface area contributed by atoms with Crippen LogP contribution in [0.1, 0.15) is 1.43 Å². The van der Waals surface area contributed by atoms with E-state index in [4.69, 9.17) is 5.11 Å². The molecule has 0 bridgehead atoms. The molecule has 3 nitrogen and oxygen atoms in total. The Bertz CT molecular complexity index is 180. The maximum Gasteiger partial charge on any atom is 1.00 e. The molecule has 0 aliphatic heterocycles. The van der Waals surface area contributed by atoms with Crippen LogP contribution in [0.4, 0.5) is 0 Å². The molecule has 0 saturated heterocycles. The fourth-order valence-electron chi connectivity index (χ4n) is 0.411. The summed E-state index contributed by atoms with van der Waals surface area (Å²) in [6.45, 7) is 0.644. The van der Waals surface area contributed by atoms with Gasteiger partial charge in [-0.2, -0.15) is 0 Å². The van der Waals surface area contributed by atoms with Gasteiger partial charge in [0.1, 0.15) is 0 Å². The van der Waals surface area contributed by atoms with Crippen LogP contribution in [-0.2, 0) is 4.57 Å². The SMILES string of the molecule is C[N+](C)(C#P=O)CCO.[H-].[Na+]. The van der Waals surface area contributed by atoms with Crippen molar-refractivity contribution < 1.29 is 45.1 Å². The molecule has 0 atom stereocenters. The van der Waals surface area contributed by atoms with E-state index in [0.29, 0.717) is 11.0 Å². The Labute approximate surface area is 85.9 Å². The van der Waals surface area contributed by atoms with Crippen molar-refractivity contribution in [2.75, 3.05) is 27.2 Å². The number of aliphatic hydroxyl groups excluding tert-OH is 1. The molecule has 54 valence electrons. The van der Waals surface area contributed by atoms with E-state index in [0.717, 1.165) is 0 Å². The minimum Gasteiger partial charge on any atom is -1.00 e. The van der Waals surface area contributed by atoms with Gasteiger partial charge in [0.15, 0.2) is 0 Å². The first-order chi connectivity index (χ1) is 4.12. The molecule has 0 aromatic heterocycles. The molecular weight excluding hydrogens is 160 g/mol. The van der Waals surface area contributed by atoms with E-state index in [1.54, 1.807) is 0 Å². The van der Waals surface area contributed by atoms with E-state index < -0.39 is 0 Å². The molecule has 5 heteroatoms. The van der Waals surface area contributed by atoms with Crippen LogP contribution in [-0.4, -0.2) is 36.8 Å². The fraction of sp³-hybridized carbons (Fsp3) is 0.800. The monoisotopic (exact) mass is 172 g/mol. The molecule has 0 radical (unpaired) electrons. The van der Waals surface area contributed by atoms with Gasteiger partial charge in [0, 0.05) is 0 Å². The number of rotatable bonds is 2. The maximum absolute atomic E-state index is 9.98. The summed E-state index contributed by atoms with van der Waals surface area (Å²) in [7, 11) is 3.54. The van der Waals surface area contributed by atoms with Gasteiger partial charge in [-0.25, -0.2) is 0 Å². The van der Waals surface area contributed by atoms with Gasteiger partial charge in [0.2, 0.25) is 0 Å². The maximum atomic E-state index is 9.98. The summed E-state index contributed by atoms with van der Waals surface area (Å²) in [5.41, 5.74) is 0. The molecule has 0 saturated carbocycles. The Balaban J connectivity index is -0.000000320. The molecule has 0 fully saturated rings. The third kappa shape index (κ3) is 7.04. The van der Waals surface area contributed by atoms with Crippen LogP contribution in [0.3, 0.4) is 0 Å². The molecule has 0 heterocycles. The van der Waals surface area contributed by atoms with Gasteiger partial charge in [-0.1, -0.05) is 0 Å². The van der Waals surface area contributed by atoms with Gasteiger partial charge in [0.05, 0.1) is 0 Å². The van der Waals surface area contributed by atoms with Crippen LogP contribution < -0.4 is 29.6 Å². The summed E-state index contributed by atoms with van der Waals surface area (Å²) in [4.78, 5) is 0. The number of hydrogen-bond donors (Lipinski definition) is 1. The van der Waals surface area contributed by atoms with Crippen molar-refractivity contribution in [3.8, 4) is 5.75 Å². The van der Waals surface area contributed by atoms with E-state index in [9.17, 15) is 4.57 Å². The molecule has 0 rings (SSSR count). The molecule has 0 unspecified atom stereocenters. The van der Waals surface area contributed by atoms with Crippen molar-refractivity contribution in [2.45, 2.75) is 0 Å². The van der Waals surface area contributed by atoms with E-state index >= 15 is 0 Å². The average molecular weight is 172 g/mol. The Morgan fingerprint density at radius 1 is 1.70 bits per heavy atom. The summed E-state index contributed by atoms with van der Waals surface area (Å²) in [6, 6.07) is 0. The number of likely N-dealkylation sites (N-methyl/N-ethyl adjacent to an activating group) is 1. The van der Waals surface area contributed by atoms with E-state index in [2.05, 4.69) is 5.75 Å². The third-order valence-electron chi connectivity index (χ3n) is 0.971. The zero-order chi connectivity index (χ0) is 7.33. The standard InChI is InChI=1S/C5H11NO2P.Na.H/c1-6(2,3-4-7)5-9-8;;/h7H,3-4H2,1-2H3;;/q2*+1;-1. The summed E-state index contributed by atoms with van der Waals surface area (Å²) in [6.07, 6.45) is 0. The van der Waals surface area contributed by atoms with Gasteiger partial charge in [-0.15, -0.1) is 0 Å². The molecule has 0 aliphatic carbocycles. The first-order valence-electron chi connectivity index (χ1n) is 2.66. The first kappa shape index (κ1) is 13.5. The van der Waals surface area contributed by atoms with Crippen molar-refractivity contribution in [3.05, 3.63) is 0 Å². The Kier molecular flexibility index (Phi) is 8.96. The average Bonchev–Trinajstić information content (AvgIpc) is 1.64. The van der Waals surface area contributed by atoms with Crippen molar-refractivity contribution >= 4 is 7.92 Å². The van der Waals surface area contributed by atoms with Crippen molar-refractivity contribution in [1.82, 2.24) is 0 Å². The van der Waals surface area contributed by atoms with Crippen LogP contribution in [0.5, 0.6) is 0 Å². The fourth-order valence-corrected chi connectivity index (χ4v) is 0.732. The zero-order valence-electron chi connectivity index (χ0n) is 7.66. The van der Waals surface area contributed by atoms with Crippen molar-refractivity contribution in [2.24, 2.45) is 0 Å². The third-order valence-corrected chi connectivity index (χ3v) is 1.59. The topological polar surface area (TPSA) is 37.3 Å². The minimum absolute atomic E-state index is 0. The Hall–Kier alpha value is 0.930. The molecule has 0 aromatic rings. The second kappa shape index (κ2) is 6.63. The number of aliphatic hydroxyl groups is 1. The van der Waals surface area contributed by atoms with Crippen LogP contribution in [0.2, 0.25) is 0 Å². The summed E-state index contributed by atoms with van der Waals surface area (Å²) in [5, 5.41) is 8.47. The largest absolute Gasteiger partial charge is 1.00 e.